The molecule has 35 heavy (non-hydrogen) atoms. The third-order valence-corrected chi connectivity index (χ3v) is 6.38. The molecule has 0 spiro atoms. The van der Waals surface area contributed by atoms with Crippen LogP contribution < -0.4 is 15.4 Å². The van der Waals surface area contributed by atoms with Crippen LogP contribution in [-0.4, -0.2) is 18.8 Å². The Morgan fingerprint density at radius 3 is 2.43 bits per heavy atom. The summed E-state index contributed by atoms with van der Waals surface area (Å²) in [6.07, 6.45) is -3.56. The van der Waals surface area contributed by atoms with Crippen molar-refractivity contribution in [1.82, 2.24) is 5.32 Å². The summed E-state index contributed by atoms with van der Waals surface area (Å²) in [4.78, 5) is 26.8. The molecule has 0 unspecified atom stereocenters. The maximum Gasteiger partial charge on any atom is 0.416 e. The Morgan fingerprint density at radius 1 is 1.11 bits per heavy atom. The van der Waals surface area contributed by atoms with Crippen LogP contribution in [0.15, 0.2) is 71.1 Å². The van der Waals surface area contributed by atoms with Crippen LogP contribution in [-0.2, 0) is 15.8 Å². The van der Waals surface area contributed by atoms with Crippen LogP contribution in [0.5, 0.6) is 5.75 Å². The maximum absolute atomic E-state index is 13.5. The van der Waals surface area contributed by atoms with Gasteiger partial charge in [-0.3, -0.25) is 9.59 Å². The van der Waals surface area contributed by atoms with E-state index in [9.17, 15) is 22.8 Å². The quantitative estimate of drug-likeness (QED) is 0.562. The van der Waals surface area contributed by atoms with E-state index in [0.29, 0.717) is 35.4 Å². The fourth-order valence-corrected chi connectivity index (χ4v) is 4.84. The van der Waals surface area contributed by atoms with Gasteiger partial charge in [0, 0.05) is 40.6 Å². The van der Waals surface area contributed by atoms with E-state index < -0.39 is 23.6 Å². The molecule has 0 aromatic heterocycles. The molecule has 0 bridgehead atoms. The van der Waals surface area contributed by atoms with Crippen LogP contribution in [0.1, 0.15) is 50.7 Å². The molecule has 5 nitrogen and oxygen atoms in total. The lowest BCUT2D eigenvalue weighted by molar-refractivity contribution is -0.137. The molecule has 2 N–H and O–H groups in total. The number of hydrogen-bond donors (Lipinski definition) is 2. The second-order valence-electron chi connectivity index (χ2n) is 9.74. The second kappa shape index (κ2) is 8.91. The summed E-state index contributed by atoms with van der Waals surface area (Å²) in [5.74, 6) is -0.657. The van der Waals surface area contributed by atoms with Gasteiger partial charge < -0.3 is 15.4 Å². The summed E-state index contributed by atoms with van der Waals surface area (Å²) in [7, 11) is 1.55. The lowest BCUT2D eigenvalue weighted by atomic mass is 9.68. The van der Waals surface area contributed by atoms with Crippen molar-refractivity contribution in [3.05, 3.63) is 82.2 Å². The van der Waals surface area contributed by atoms with Crippen LogP contribution in [0.25, 0.3) is 0 Å². The average Bonchev–Trinajstić information content (AvgIpc) is 2.77. The summed E-state index contributed by atoms with van der Waals surface area (Å²) in [5.41, 5.74) is 1.80. The lowest BCUT2D eigenvalue weighted by Crippen LogP contribution is -2.39. The largest absolute Gasteiger partial charge is 0.497 e. The van der Waals surface area contributed by atoms with Gasteiger partial charge >= 0.3 is 6.18 Å². The zero-order chi connectivity index (χ0) is 25.5. The highest BCUT2D eigenvalue weighted by atomic mass is 19.4. The van der Waals surface area contributed by atoms with Crippen molar-refractivity contribution >= 4 is 17.4 Å². The molecule has 0 saturated carbocycles. The van der Waals surface area contributed by atoms with Crippen molar-refractivity contribution in [2.45, 2.75) is 45.7 Å². The molecule has 0 saturated heterocycles. The first-order valence-corrected chi connectivity index (χ1v) is 11.3. The molecule has 2 aromatic carbocycles. The van der Waals surface area contributed by atoms with E-state index in [0.717, 1.165) is 23.4 Å². The van der Waals surface area contributed by atoms with Crippen molar-refractivity contribution in [2.24, 2.45) is 5.41 Å². The average molecular weight is 485 g/mol. The van der Waals surface area contributed by atoms with E-state index in [4.69, 9.17) is 4.74 Å². The molecular weight excluding hydrogens is 457 g/mol. The summed E-state index contributed by atoms with van der Waals surface area (Å²) >= 11 is 0. The number of methoxy groups -OCH3 is 1. The first-order chi connectivity index (χ1) is 16.4. The number of carbonyl (C=O) groups is 2. The second-order valence-corrected chi connectivity index (χ2v) is 9.74. The monoisotopic (exact) mass is 484 g/mol. The number of benzene rings is 2. The van der Waals surface area contributed by atoms with Crippen molar-refractivity contribution < 1.29 is 27.5 Å². The SMILES string of the molecule is COc1ccc([C@H]2C(C(=O)Nc3cccc(C(F)(F)F)c3)=C(C)NC3=C2C(=O)CC(C)(C)C3)cc1. The number of allylic oxidation sites excluding steroid dienone is 3. The molecule has 0 radical (unpaired) electrons. The summed E-state index contributed by atoms with van der Waals surface area (Å²) in [6, 6.07) is 11.6. The molecule has 2 aliphatic rings. The molecule has 0 fully saturated rings. The highest BCUT2D eigenvalue weighted by Crippen LogP contribution is 2.47. The number of alkyl halides is 3. The van der Waals surface area contributed by atoms with Crippen LogP contribution in [0.2, 0.25) is 0 Å². The molecule has 8 heteroatoms. The van der Waals surface area contributed by atoms with E-state index in [-0.39, 0.29) is 16.9 Å². The Balaban J connectivity index is 1.77. The highest BCUT2D eigenvalue weighted by molar-refractivity contribution is 6.10. The smallest absolute Gasteiger partial charge is 0.416 e. The predicted molar refractivity (Wildman–Crippen MR) is 127 cm³/mol. The molecule has 184 valence electrons. The standard InChI is InChI=1S/C27H27F3N2O3/c1-15-22(25(34)32-18-7-5-6-17(12-18)27(28,29)30)23(16-8-10-19(35-4)11-9-16)24-20(31-15)13-26(2,3)14-21(24)33/h5-12,23,31H,13-14H2,1-4H3,(H,32,34)/t23-/m0/s1. The predicted octanol–water partition coefficient (Wildman–Crippen LogP) is 5.96. The highest BCUT2D eigenvalue weighted by Gasteiger charge is 2.42. The lowest BCUT2D eigenvalue weighted by Gasteiger charge is -2.39. The first-order valence-electron chi connectivity index (χ1n) is 11.3. The third kappa shape index (κ3) is 4.97. The van der Waals surface area contributed by atoms with Gasteiger partial charge in [-0.25, -0.2) is 0 Å². The number of nitrogens with one attached hydrogen (secondary N) is 2. The Hall–Kier alpha value is -3.55. The van der Waals surface area contributed by atoms with Crippen LogP contribution >= 0.6 is 0 Å². The molecular formula is C27H27F3N2O3. The fourth-order valence-electron chi connectivity index (χ4n) is 4.84. The van der Waals surface area contributed by atoms with Crippen molar-refractivity contribution in [1.29, 1.82) is 0 Å². The normalized spacial score (nSPS) is 19.7. The minimum atomic E-state index is -4.53. The Kier molecular flexibility index (Phi) is 6.25. The number of Topliss-reactive ketones (excluding diaryl/α,β-unsaturated/α-hetero) is 1. The third-order valence-electron chi connectivity index (χ3n) is 6.38. The summed E-state index contributed by atoms with van der Waals surface area (Å²) in [6.45, 7) is 5.79. The zero-order valence-corrected chi connectivity index (χ0v) is 20.0. The molecule has 4 rings (SSSR count). The van der Waals surface area contributed by atoms with Gasteiger partial charge in [0.1, 0.15) is 5.75 Å². The Morgan fingerprint density at radius 2 is 1.80 bits per heavy atom. The zero-order valence-electron chi connectivity index (χ0n) is 20.0. The number of hydrogen-bond acceptors (Lipinski definition) is 4. The number of carbonyl (C=O) groups excluding carboxylic acids is 2. The topological polar surface area (TPSA) is 67.4 Å². The number of anilines is 1. The number of dihydropyridines is 1. The van der Waals surface area contributed by atoms with Crippen LogP contribution in [0, 0.1) is 5.41 Å². The molecule has 1 amide bonds. The van der Waals surface area contributed by atoms with Gasteiger partial charge in [0.15, 0.2) is 5.78 Å². The number of amides is 1. The summed E-state index contributed by atoms with van der Waals surface area (Å²) in [5, 5.41) is 5.86. The van der Waals surface area contributed by atoms with Gasteiger partial charge in [-0.2, -0.15) is 13.2 Å². The minimum absolute atomic E-state index is 0.0227. The van der Waals surface area contributed by atoms with E-state index in [1.54, 1.807) is 38.3 Å². The van der Waals surface area contributed by atoms with E-state index in [1.807, 2.05) is 13.8 Å². The number of halogens is 3. The molecule has 1 heterocycles. The number of ether oxygens (including phenoxy) is 1. The van der Waals surface area contributed by atoms with E-state index >= 15 is 0 Å². The minimum Gasteiger partial charge on any atom is -0.497 e. The van der Waals surface area contributed by atoms with Gasteiger partial charge in [0.05, 0.1) is 12.7 Å². The maximum atomic E-state index is 13.5. The summed E-state index contributed by atoms with van der Waals surface area (Å²) < 4.78 is 44.8. The molecule has 1 aliphatic carbocycles. The first kappa shape index (κ1) is 24.6. The fraction of sp³-hybridized carbons (Fsp3) is 0.333. The van der Waals surface area contributed by atoms with Gasteiger partial charge in [0.25, 0.3) is 5.91 Å². The molecule has 1 atom stereocenters. The number of rotatable bonds is 4. The van der Waals surface area contributed by atoms with Gasteiger partial charge in [-0.15, -0.1) is 0 Å². The van der Waals surface area contributed by atoms with Gasteiger partial charge in [0.2, 0.25) is 0 Å². The van der Waals surface area contributed by atoms with E-state index in [1.165, 1.54) is 12.1 Å². The van der Waals surface area contributed by atoms with Crippen molar-refractivity contribution in [2.75, 3.05) is 12.4 Å². The van der Waals surface area contributed by atoms with Gasteiger partial charge in [-0.1, -0.05) is 32.0 Å². The molecule has 1 aliphatic heterocycles. The van der Waals surface area contributed by atoms with Crippen molar-refractivity contribution in [3.63, 3.8) is 0 Å². The van der Waals surface area contributed by atoms with Crippen LogP contribution in [0.4, 0.5) is 18.9 Å². The van der Waals surface area contributed by atoms with Crippen molar-refractivity contribution in [3.8, 4) is 5.75 Å². The number of ketones is 1. The Labute approximate surface area is 202 Å². The Bertz CT molecular complexity index is 1240. The van der Waals surface area contributed by atoms with E-state index in [2.05, 4.69) is 10.6 Å². The van der Waals surface area contributed by atoms with Crippen LogP contribution in [0.3, 0.4) is 0 Å². The van der Waals surface area contributed by atoms with Gasteiger partial charge in [-0.05, 0) is 54.7 Å². The molecule has 2 aromatic rings.